The Bertz CT molecular complexity index is 511. The van der Waals surface area contributed by atoms with E-state index >= 15 is 0 Å². The van der Waals surface area contributed by atoms with E-state index in [4.69, 9.17) is 5.73 Å². The van der Waals surface area contributed by atoms with Crippen LogP contribution in [0.3, 0.4) is 0 Å². The van der Waals surface area contributed by atoms with Gasteiger partial charge in [0.2, 0.25) is 5.91 Å². The highest BCUT2D eigenvalue weighted by molar-refractivity contribution is 6.02. The molecule has 0 fully saturated rings. The normalized spacial score (nSPS) is 15.1. The number of carbonyl (C=O) groups is 2. The molecule has 0 saturated heterocycles. The molecule has 0 aliphatic carbocycles. The molecule has 102 valence electrons. The molecule has 5 heteroatoms. The Hall–Kier alpha value is -1.88. The lowest BCUT2D eigenvalue weighted by Gasteiger charge is -2.20. The van der Waals surface area contributed by atoms with Crippen molar-refractivity contribution in [2.45, 2.75) is 26.3 Å². The standard InChI is InChI=1S/C14H19N3O2/c1-8(2)12(7-15)17-14(19)10-4-3-9-6-13(18)16-11(9)5-10/h3-5,8,12H,6-7,15H2,1-2H3,(H,16,18)(H,17,19). The molecule has 1 unspecified atom stereocenters. The summed E-state index contributed by atoms with van der Waals surface area (Å²) in [6.45, 7) is 4.44. The van der Waals surface area contributed by atoms with E-state index in [2.05, 4.69) is 10.6 Å². The summed E-state index contributed by atoms with van der Waals surface area (Å²) in [6, 6.07) is 5.22. The molecule has 0 spiro atoms. The van der Waals surface area contributed by atoms with Gasteiger partial charge >= 0.3 is 0 Å². The predicted octanol–water partition coefficient (Wildman–Crippen LogP) is 0.894. The largest absolute Gasteiger partial charge is 0.348 e. The van der Waals surface area contributed by atoms with Gasteiger partial charge in [-0.1, -0.05) is 19.9 Å². The zero-order valence-corrected chi connectivity index (χ0v) is 11.2. The highest BCUT2D eigenvalue weighted by Crippen LogP contribution is 2.24. The molecule has 4 N–H and O–H groups in total. The summed E-state index contributed by atoms with van der Waals surface area (Å²) < 4.78 is 0. The number of benzene rings is 1. The van der Waals surface area contributed by atoms with E-state index in [1.807, 2.05) is 19.9 Å². The van der Waals surface area contributed by atoms with Crippen LogP contribution in [0.5, 0.6) is 0 Å². The molecule has 0 aromatic heterocycles. The molecular weight excluding hydrogens is 242 g/mol. The van der Waals surface area contributed by atoms with Crippen molar-refractivity contribution < 1.29 is 9.59 Å². The number of rotatable bonds is 4. The van der Waals surface area contributed by atoms with E-state index < -0.39 is 0 Å². The van der Waals surface area contributed by atoms with Crippen molar-refractivity contribution in [1.82, 2.24) is 5.32 Å². The third kappa shape index (κ3) is 2.93. The van der Waals surface area contributed by atoms with Gasteiger partial charge in [-0.25, -0.2) is 0 Å². The van der Waals surface area contributed by atoms with Crippen LogP contribution in [0.15, 0.2) is 18.2 Å². The minimum absolute atomic E-state index is 0.0328. The first-order valence-electron chi connectivity index (χ1n) is 6.45. The quantitative estimate of drug-likeness (QED) is 0.752. The van der Waals surface area contributed by atoms with E-state index in [0.29, 0.717) is 18.5 Å². The van der Waals surface area contributed by atoms with E-state index in [1.165, 1.54) is 0 Å². The molecule has 5 nitrogen and oxygen atoms in total. The molecule has 1 aromatic carbocycles. The average molecular weight is 261 g/mol. The van der Waals surface area contributed by atoms with Crippen LogP contribution in [0.2, 0.25) is 0 Å². The van der Waals surface area contributed by atoms with Gasteiger partial charge in [-0.15, -0.1) is 0 Å². The Morgan fingerprint density at radius 2 is 2.21 bits per heavy atom. The maximum absolute atomic E-state index is 12.1. The van der Waals surface area contributed by atoms with Crippen molar-refractivity contribution >= 4 is 17.5 Å². The smallest absolute Gasteiger partial charge is 0.251 e. The van der Waals surface area contributed by atoms with Gasteiger partial charge < -0.3 is 16.4 Å². The Morgan fingerprint density at radius 3 is 2.84 bits per heavy atom. The third-order valence-corrected chi connectivity index (χ3v) is 3.37. The number of fused-ring (bicyclic) bond motifs is 1. The maximum Gasteiger partial charge on any atom is 0.251 e. The average Bonchev–Trinajstić information content (AvgIpc) is 2.74. The topological polar surface area (TPSA) is 84.2 Å². The lowest BCUT2D eigenvalue weighted by Crippen LogP contribution is -2.43. The molecule has 0 saturated carbocycles. The number of carbonyl (C=O) groups excluding carboxylic acids is 2. The van der Waals surface area contributed by atoms with E-state index in [0.717, 1.165) is 11.3 Å². The van der Waals surface area contributed by atoms with Gasteiger partial charge in [0.25, 0.3) is 5.91 Å². The fourth-order valence-corrected chi connectivity index (χ4v) is 2.11. The number of amides is 2. The molecule has 1 aliphatic heterocycles. The van der Waals surface area contributed by atoms with E-state index in [-0.39, 0.29) is 23.8 Å². The highest BCUT2D eigenvalue weighted by atomic mass is 16.2. The Morgan fingerprint density at radius 1 is 1.47 bits per heavy atom. The Labute approximate surface area is 112 Å². The molecule has 0 bridgehead atoms. The monoisotopic (exact) mass is 261 g/mol. The molecule has 19 heavy (non-hydrogen) atoms. The first-order chi connectivity index (χ1) is 9.01. The first kappa shape index (κ1) is 13.5. The van der Waals surface area contributed by atoms with Gasteiger partial charge in [0, 0.05) is 23.8 Å². The summed E-state index contributed by atoms with van der Waals surface area (Å²) in [6.07, 6.45) is 0.384. The summed E-state index contributed by atoms with van der Waals surface area (Å²) in [5, 5.41) is 5.65. The van der Waals surface area contributed by atoms with Crippen molar-refractivity contribution in [2.75, 3.05) is 11.9 Å². The third-order valence-electron chi connectivity index (χ3n) is 3.37. The summed E-state index contributed by atoms with van der Waals surface area (Å²) in [5.41, 5.74) is 7.84. The summed E-state index contributed by atoms with van der Waals surface area (Å²) in [4.78, 5) is 23.4. The zero-order valence-electron chi connectivity index (χ0n) is 11.2. The second-order valence-corrected chi connectivity index (χ2v) is 5.16. The van der Waals surface area contributed by atoms with Gasteiger partial charge in [-0.2, -0.15) is 0 Å². The lowest BCUT2D eigenvalue weighted by molar-refractivity contribution is -0.115. The minimum Gasteiger partial charge on any atom is -0.348 e. The molecular formula is C14H19N3O2. The number of nitrogens with one attached hydrogen (secondary N) is 2. The van der Waals surface area contributed by atoms with E-state index in [1.54, 1.807) is 12.1 Å². The van der Waals surface area contributed by atoms with Crippen LogP contribution in [0.25, 0.3) is 0 Å². The Kier molecular flexibility index (Phi) is 3.85. The number of hydrogen-bond acceptors (Lipinski definition) is 3. The summed E-state index contributed by atoms with van der Waals surface area (Å²) in [5.74, 6) is 0.0887. The number of nitrogens with two attached hydrogens (primary N) is 1. The van der Waals surface area contributed by atoms with Crippen LogP contribution in [0.4, 0.5) is 5.69 Å². The molecule has 0 radical (unpaired) electrons. The van der Waals surface area contributed by atoms with Gasteiger partial charge in [0.1, 0.15) is 0 Å². The predicted molar refractivity (Wildman–Crippen MR) is 73.9 cm³/mol. The van der Waals surface area contributed by atoms with Crippen molar-refractivity contribution in [1.29, 1.82) is 0 Å². The molecule has 1 heterocycles. The van der Waals surface area contributed by atoms with Crippen LogP contribution >= 0.6 is 0 Å². The van der Waals surface area contributed by atoms with Crippen molar-refractivity contribution in [3.63, 3.8) is 0 Å². The zero-order chi connectivity index (χ0) is 14.0. The van der Waals surface area contributed by atoms with Crippen molar-refractivity contribution in [3.05, 3.63) is 29.3 Å². The highest BCUT2D eigenvalue weighted by Gasteiger charge is 2.20. The van der Waals surface area contributed by atoms with Crippen LogP contribution in [-0.4, -0.2) is 24.4 Å². The maximum atomic E-state index is 12.1. The van der Waals surface area contributed by atoms with Crippen LogP contribution in [0, 0.1) is 5.92 Å². The summed E-state index contributed by atoms with van der Waals surface area (Å²) in [7, 11) is 0. The van der Waals surface area contributed by atoms with Gasteiger partial charge in [0.15, 0.2) is 0 Å². The molecule has 1 aromatic rings. The van der Waals surface area contributed by atoms with Gasteiger partial charge in [-0.3, -0.25) is 9.59 Å². The van der Waals surface area contributed by atoms with Crippen LogP contribution in [0.1, 0.15) is 29.8 Å². The minimum atomic E-state index is -0.159. The van der Waals surface area contributed by atoms with Gasteiger partial charge in [-0.05, 0) is 23.6 Å². The number of hydrogen-bond donors (Lipinski definition) is 3. The van der Waals surface area contributed by atoms with Gasteiger partial charge in [0.05, 0.1) is 6.42 Å². The number of anilines is 1. The SMILES string of the molecule is CC(C)C(CN)NC(=O)c1ccc2c(c1)NC(=O)C2. The molecule has 1 aliphatic rings. The first-order valence-corrected chi connectivity index (χ1v) is 6.45. The second-order valence-electron chi connectivity index (χ2n) is 5.16. The van der Waals surface area contributed by atoms with E-state index in [9.17, 15) is 9.59 Å². The van der Waals surface area contributed by atoms with Crippen molar-refractivity contribution in [2.24, 2.45) is 11.7 Å². The lowest BCUT2D eigenvalue weighted by atomic mass is 10.0. The molecule has 2 amide bonds. The molecule has 1 atom stereocenters. The fourth-order valence-electron chi connectivity index (χ4n) is 2.11. The Balaban J connectivity index is 2.12. The summed E-state index contributed by atoms with van der Waals surface area (Å²) >= 11 is 0. The van der Waals surface area contributed by atoms with Crippen molar-refractivity contribution in [3.8, 4) is 0 Å². The van der Waals surface area contributed by atoms with Crippen LogP contribution in [-0.2, 0) is 11.2 Å². The molecule has 2 rings (SSSR count). The second kappa shape index (κ2) is 5.40. The van der Waals surface area contributed by atoms with Crippen LogP contribution < -0.4 is 16.4 Å². The fraction of sp³-hybridized carbons (Fsp3) is 0.429.